The lowest BCUT2D eigenvalue weighted by Crippen LogP contribution is -2.41. The van der Waals surface area contributed by atoms with Crippen molar-refractivity contribution < 1.29 is 13.9 Å². The maximum atomic E-state index is 13.6. The van der Waals surface area contributed by atoms with Crippen molar-refractivity contribution in [3.63, 3.8) is 0 Å². The molecule has 3 rings (SSSR count). The van der Waals surface area contributed by atoms with Crippen LogP contribution in [0.4, 0.5) is 4.39 Å². The number of amides is 1. The molecule has 0 aliphatic carbocycles. The van der Waals surface area contributed by atoms with Crippen LogP contribution >= 0.6 is 11.6 Å². The van der Waals surface area contributed by atoms with Crippen LogP contribution in [0.25, 0.3) is 0 Å². The fraction of sp³-hybridized carbons (Fsp3) is 0.611. The maximum Gasteiger partial charge on any atom is 0.224 e. The first-order valence-electron chi connectivity index (χ1n) is 8.42. The molecule has 3 atom stereocenters. The van der Waals surface area contributed by atoms with E-state index in [2.05, 4.69) is 4.90 Å². The first-order valence-corrected chi connectivity index (χ1v) is 8.80. The minimum atomic E-state index is -0.365. The third kappa shape index (κ3) is 3.90. The Morgan fingerprint density at radius 1 is 1.46 bits per heavy atom. The van der Waals surface area contributed by atoms with Gasteiger partial charge in [-0.15, -0.1) is 0 Å². The fourth-order valence-electron chi connectivity index (χ4n) is 3.77. The monoisotopic (exact) mass is 354 g/mol. The van der Waals surface area contributed by atoms with Crippen LogP contribution in [0.2, 0.25) is 5.02 Å². The predicted molar refractivity (Wildman–Crippen MR) is 91.3 cm³/mol. The molecule has 0 unspecified atom stereocenters. The number of carbonyl (C=O) groups is 1. The van der Waals surface area contributed by atoms with Gasteiger partial charge < -0.3 is 9.64 Å². The highest BCUT2D eigenvalue weighted by molar-refractivity contribution is 6.30. The molecule has 1 aromatic carbocycles. The van der Waals surface area contributed by atoms with E-state index >= 15 is 0 Å². The van der Waals surface area contributed by atoms with Crippen molar-refractivity contribution in [1.29, 1.82) is 0 Å². The summed E-state index contributed by atoms with van der Waals surface area (Å²) in [6.45, 7) is 3.31. The van der Waals surface area contributed by atoms with E-state index < -0.39 is 0 Å². The number of piperidine rings is 1. The molecule has 2 aliphatic heterocycles. The molecule has 2 heterocycles. The Labute approximate surface area is 147 Å². The van der Waals surface area contributed by atoms with Crippen LogP contribution in [0.3, 0.4) is 0 Å². The quantitative estimate of drug-likeness (QED) is 0.833. The normalized spacial score (nSPS) is 27.1. The Morgan fingerprint density at radius 2 is 2.25 bits per heavy atom. The maximum absolute atomic E-state index is 13.6. The van der Waals surface area contributed by atoms with Crippen molar-refractivity contribution in [3.8, 4) is 0 Å². The second-order valence-electron chi connectivity index (χ2n) is 7.06. The van der Waals surface area contributed by atoms with Gasteiger partial charge >= 0.3 is 0 Å². The molecule has 6 heteroatoms. The summed E-state index contributed by atoms with van der Waals surface area (Å²) in [4.78, 5) is 15.9. The molecule has 2 saturated heterocycles. The molecule has 0 aromatic heterocycles. The molecule has 0 bridgehead atoms. The van der Waals surface area contributed by atoms with Gasteiger partial charge in [0.2, 0.25) is 5.91 Å². The molecule has 0 N–H and O–H groups in total. The van der Waals surface area contributed by atoms with Gasteiger partial charge in [-0.25, -0.2) is 4.39 Å². The van der Waals surface area contributed by atoms with Crippen LogP contribution in [0.15, 0.2) is 18.2 Å². The zero-order valence-corrected chi connectivity index (χ0v) is 14.9. The number of nitrogens with zero attached hydrogens (tertiary/aromatic N) is 2. The fourth-order valence-corrected chi connectivity index (χ4v) is 3.88. The summed E-state index contributed by atoms with van der Waals surface area (Å²) in [6, 6.07) is 5.00. The summed E-state index contributed by atoms with van der Waals surface area (Å²) in [7, 11) is 3.56. The molecule has 2 aliphatic rings. The van der Waals surface area contributed by atoms with Gasteiger partial charge in [0.05, 0.1) is 24.2 Å². The van der Waals surface area contributed by atoms with Gasteiger partial charge in [0, 0.05) is 33.1 Å². The van der Waals surface area contributed by atoms with Crippen LogP contribution < -0.4 is 0 Å². The minimum absolute atomic E-state index is 0.0417. The third-order valence-electron chi connectivity index (χ3n) is 5.14. The number of benzene rings is 1. The van der Waals surface area contributed by atoms with Gasteiger partial charge in [-0.1, -0.05) is 17.7 Å². The lowest BCUT2D eigenvalue weighted by molar-refractivity contribution is -0.131. The number of halogens is 2. The number of likely N-dealkylation sites (tertiary alicyclic amines) is 1. The highest BCUT2D eigenvalue weighted by atomic mass is 35.5. The van der Waals surface area contributed by atoms with E-state index in [4.69, 9.17) is 16.3 Å². The Kier molecular flexibility index (Phi) is 5.42. The molecule has 0 radical (unpaired) electrons. The highest BCUT2D eigenvalue weighted by Gasteiger charge is 2.41. The zero-order chi connectivity index (χ0) is 17.3. The zero-order valence-electron chi connectivity index (χ0n) is 14.2. The van der Waals surface area contributed by atoms with Gasteiger partial charge in [-0.3, -0.25) is 9.69 Å². The Hall–Kier alpha value is -1.17. The summed E-state index contributed by atoms with van der Waals surface area (Å²) in [6.07, 6.45) is 1.53. The van der Waals surface area contributed by atoms with Crippen molar-refractivity contribution in [2.75, 3.05) is 33.8 Å². The molecule has 0 saturated carbocycles. The van der Waals surface area contributed by atoms with Crippen molar-refractivity contribution in [1.82, 2.24) is 9.80 Å². The molecule has 0 spiro atoms. The second kappa shape index (κ2) is 7.38. The van der Waals surface area contributed by atoms with E-state index in [9.17, 15) is 9.18 Å². The van der Waals surface area contributed by atoms with E-state index in [1.807, 2.05) is 6.07 Å². The van der Waals surface area contributed by atoms with Crippen molar-refractivity contribution in [3.05, 3.63) is 34.6 Å². The third-order valence-corrected chi connectivity index (χ3v) is 5.45. The highest BCUT2D eigenvalue weighted by Crippen LogP contribution is 2.36. The summed E-state index contributed by atoms with van der Waals surface area (Å²) in [5.74, 6) is 0.665. The molecular formula is C18H24ClFN2O2. The average molecular weight is 355 g/mol. The van der Waals surface area contributed by atoms with Gasteiger partial charge in [0.1, 0.15) is 5.82 Å². The van der Waals surface area contributed by atoms with E-state index in [1.54, 1.807) is 25.1 Å². The Balaban J connectivity index is 1.56. The van der Waals surface area contributed by atoms with Crippen molar-refractivity contribution >= 4 is 17.5 Å². The molecule has 4 nitrogen and oxygen atoms in total. The van der Waals surface area contributed by atoms with Gasteiger partial charge in [-0.05, 0) is 36.6 Å². The first-order chi connectivity index (χ1) is 11.4. The molecular weight excluding hydrogens is 331 g/mol. The summed E-state index contributed by atoms with van der Waals surface area (Å²) >= 11 is 5.74. The second-order valence-corrected chi connectivity index (χ2v) is 7.47. The number of ether oxygens (including phenoxy) is 1. The molecule has 2 fully saturated rings. The number of hydrogen-bond donors (Lipinski definition) is 0. The topological polar surface area (TPSA) is 32.8 Å². The summed E-state index contributed by atoms with van der Waals surface area (Å²) < 4.78 is 19.5. The van der Waals surface area contributed by atoms with Crippen molar-refractivity contribution in [2.45, 2.75) is 25.5 Å². The molecule has 24 heavy (non-hydrogen) atoms. The smallest absolute Gasteiger partial charge is 0.224 e. The molecule has 1 amide bonds. The van der Waals surface area contributed by atoms with Crippen LogP contribution in [0, 0.1) is 17.7 Å². The van der Waals surface area contributed by atoms with E-state index in [0.29, 0.717) is 24.9 Å². The summed E-state index contributed by atoms with van der Waals surface area (Å²) in [5, 5.41) is 0.162. The lowest BCUT2D eigenvalue weighted by atomic mass is 9.83. The average Bonchev–Trinajstić information content (AvgIpc) is 2.93. The van der Waals surface area contributed by atoms with Crippen LogP contribution in [0.1, 0.15) is 18.4 Å². The largest absolute Gasteiger partial charge is 0.377 e. The predicted octanol–water partition coefficient (Wildman–Crippen LogP) is 2.79. The number of fused-ring (bicyclic) bond motifs is 1. The number of hydrogen-bond acceptors (Lipinski definition) is 3. The van der Waals surface area contributed by atoms with Gasteiger partial charge in [0.15, 0.2) is 0 Å². The lowest BCUT2D eigenvalue weighted by Gasteiger charge is -2.35. The molecule has 132 valence electrons. The van der Waals surface area contributed by atoms with Gasteiger partial charge in [-0.2, -0.15) is 0 Å². The van der Waals surface area contributed by atoms with Crippen molar-refractivity contribution in [2.24, 2.45) is 11.8 Å². The SMILES string of the molecule is CN(C)C(=O)C[C@@H]1OC[C@H]2CN(Cc3ccc(Cl)c(F)c3)CC[C@H]21. The number of rotatable bonds is 4. The van der Waals surface area contributed by atoms with Crippen LogP contribution in [0.5, 0.6) is 0 Å². The summed E-state index contributed by atoms with van der Waals surface area (Å²) in [5.41, 5.74) is 0.939. The Bertz CT molecular complexity index is 611. The number of carbonyl (C=O) groups excluding carboxylic acids is 1. The minimum Gasteiger partial charge on any atom is -0.377 e. The van der Waals surface area contributed by atoms with Crippen LogP contribution in [-0.4, -0.2) is 55.6 Å². The first kappa shape index (κ1) is 17.6. The van der Waals surface area contributed by atoms with E-state index in [1.165, 1.54) is 6.07 Å². The Morgan fingerprint density at radius 3 is 2.96 bits per heavy atom. The molecule has 1 aromatic rings. The van der Waals surface area contributed by atoms with E-state index in [-0.39, 0.29) is 22.9 Å². The van der Waals surface area contributed by atoms with E-state index in [0.717, 1.165) is 31.6 Å². The van der Waals surface area contributed by atoms with Gasteiger partial charge in [0.25, 0.3) is 0 Å². The van der Waals surface area contributed by atoms with Crippen LogP contribution in [-0.2, 0) is 16.1 Å². The standard InChI is InChI=1S/C18H24ClFN2O2/c1-21(2)18(23)8-17-14-5-6-22(10-13(14)11-24-17)9-12-3-4-15(19)16(20)7-12/h3-4,7,13-14,17H,5-6,8-11H2,1-2H3/t13-,14-,17+/m1/s1.